The minimum atomic E-state index is -0.767. The van der Waals surface area contributed by atoms with Crippen LogP contribution in [0.1, 0.15) is 85.5 Å². The smallest absolute Gasteiger partial charge is 0.321 e. The molecule has 6 aromatic rings. The molecule has 2 unspecified atom stereocenters. The molecule has 6 heterocycles. The molecule has 2 atom stereocenters. The molecule has 0 spiro atoms. The van der Waals surface area contributed by atoms with Gasteiger partial charge in [0.1, 0.15) is 23.7 Å². The van der Waals surface area contributed by atoms with Crippen LogP contribution in [0.25, 0.3) is 34.0 Å². The van der Waals surface area contributed by atoms with E-state index >= 15 is 0 Å². The van der Waals surface area contributed by atoms with Crippen molar-refractivity contribution in [3.05, 3.63) is 148 Å². The van der Waals surface area contributed by atoms with Crippen molar-refractivity contribution in [2.75, 3.05) is 59.5 Å². The molecule has 74 heavy (non-hydrogen) atoms. The van der Waals surface area contributed by atoms with Crippen LogP contribution in [0.2, 0.25) is 0 Å². The van der Waals surface area contributed by atoms with E-state index in [0.717, 1.165) is 79.8 Å². The van der Waals surface area contributed by atoms with E-state index in [0.29, 0.717) is 68.2 Å². The largest absolute Gasteiger partial charge is 0.497 e. The second kappa shape index (κ2) is 24.2. The van der Waals surface area contributed by atoms with Crippen LogP contribution >= 0.6 is 15.9 Å². The molecule has 388 valence electrons. The highest BCUT2D eigenvalue weighted by molar-refractivity contribution is 9.10. The molecular formula is C59H66BrFN6O7. The zero-order valence-corrected chi connectivity index (χ0v) is 43.5. The molecule has 4 aliphatic rings. The highest BCUT2D eigenvalue weighted by atomic mass is 79.9. The summed E-state index contributed by atoms with van der Waals surface area (Å²) in [5, 5.41) is 22.8. The van der Waals surface area contributed by atoms with Crippen molar-refractivity contribution in [2.24, 2.45) is 11.8 Å². The maximum Gasteiger partial charge on any atom is 0.321 e. The number of aliphatic carboxylic acids is 2. The van der Waals surface area contributed by atoms with Gasteiger partial charge in [-0.3, -0.25) is 29.0 Å². The first-order chi connectivity index (χ1) is 35.9. The van der Waals surface area contributed by atoms with Crippen LogP contribution < -0.4 is 4.74 Å². The summed E-state index contributed by atoms with van der Waals surface area (Å²) in [6.07, 6.45) is 17.4. The van der Waals surface area contributed by atoms with E-state index in [9.17, 15) is 33.8 Å². The Kier molecular flexibility index (Phi) is 17.1. The number of methoxy groups -OCH3 is 1. The number of carbonyl (C=O) groups is 4. The zero-order valence-electron chi connectivity index (χ0n) is 41.9. The van der Waals surface area contributed by atoms with E-state index in [4.69, 9.17) is 4.74 Å². The molecule has 0 bridgehead atoms. The molecule has 4 aliphatic heterocycles. The number of hydrogen-bond donors (Lipinski definition) is 4. The Labute approximate surface area is 440 Å². The van der Waals surface area contributed by atoms with Gasteiger partial charge in [0, 0.05) is 72.5 Å². The number of ether oxygens (including phenoxy) is 1. The number of aromatic nitrogens is 2. The maximum absolute atomic E-state index is 13.4. The Morgan fingerprint density at radius 2 is 1.01 bits per heavy atom. The number of aromatic amines is 2. The van der Waals surface area contributed by atoms with Gasteiger partial charge in [-0.2, -0.15) is 0 Å². The maximum atomic E-state index is 13.4. The summed E-state index contributed by atoms with van der Waals surface area (Å²) in [5.74, 6) is -0.270. The lowest BCUT2D eigenvalue weighted by molar-refractivity contribution is -0.148. The molecule has 10 rings (SSSR count). The molecule has 2 aromatic heterocycles. The van der Waals surface area contributed by atoms with Crippen molar-refractivity contribution < 1.29 is 38.5 Å². The SMILES string of the molecule is COc1ccc(/C=C/C(=O)N2CCC(C(C(=O)O)N3CCC(c4c[nH]c5ccccc45)CC3)CC2)cc1.O=C(O)C(C1CCN(C(=O)/C=C/c2ccc(F)c(Br)c2)CC1)N1CCC(c2c[nH]c3ccccc23)CC1. The first-order valence-electron chi connectivity index (χ1n) is 26.0. The lowest BCUT2D eigenvalue weighted by Gasteiger charge is -2.41. The van der Waals surface area contributed by atoms with Gasteiger partial charge in [-0.15, -0.1) is 0 Å². The fraction of sp³-hybridized carbons (Fsp3) is 0.390. The van der Waals surface area contributed by atoms with Crippen molar-refractivity contribution in [1.29, 1.82) is 0 Å². The second-order valence-corrected chi connectivity index (χ2v) is 21.1. The quantitative estimate of drug-likeness (QED) is 0.0825. The van der Waals surface area contributed by atoms with Crippen LogP contribution in [0.4, 0.5) is 4.39 Å². The van der Waals surface area contributed by atoms with Crippen molar-refractivity contribution >= 4 is 73.6 Å². The Hall–Kier alpha value is -6.55. The first-order valence-corrected chi connectivity index (χ1v) is 26.8. The van der Waals surface area contributed by atoms with Gasteiger partial charge in [-0.05, 0) is 188 Å². The summed E-state index contributed by atoms with van der Waals surface area (Å²) in [6.45, 7) is 5.34. The number of nitrogens with zero attached hydrogens (tertiary/aromatic N) is 4. The molecular weight excluding hydrogens is 1000 g/mol. The van der Waals surface area contributed by atoms with Gasteiger partial charge >= 0.3 is 11.9 Å². The Balaban J connectivity index is 0.000000182. The summed E-state index contributed by atoms with van der Waals surface area (Å²) >= 11 is 3.16. The van der Waals surface area contributed by atoms with Crippen molar-refractivity contribution in [2.45, 2.75) is 75.3 Å². The summed E-state index contributed by atoms with van der Waals surface area (Å²) < 4.78 is 19.0. The number of H-pyrrole nitrogens is 2. The molecule has 0 saturated carbocycles. The van der Waals surface area contributed by atoms with Gasteiger partial charge in [-0.25, -0.2) is 4.39 Å². The molecule has 4 saturated heterocycles. The van der Waals surface area contributed by atoms with Crippen LogP contribution in [0.15, 0.2) is 120 Å². The Morgan fingerprint density at radius 1 is 0.595 bits per heavy atom. The molecule has 15 heteroatoms. The summed E-state index contributed by atoms with van der Waals surface area (Å²) in [5.41, 5.74) is 6.64. The lowest BCUT2D eigenvalue weighted by atomic mass is 9.84. The first kappa shape index (κ1) is 52.3. The van der Waals surface area contributed by atoms with Crippen LogP contribution in [-0.2, 0) is 19.2 Å². The minimum absolute atomic E-state index is 0.0169. The predicted molar refractivity (Wildman–Crippen MR) is 290 cm³/mol. The van der Waals surface area contributed by atoms with Gasteiger partial charge in [0.05, 0.1) is 11.6 Å². The molecule has 4 aromatic carbocycles. The van der Waals surface area contributed by atoms with E-state index in [1.807, 2.05) is 47.4 Å². The number of para-hydroxylation sites is 2. The Morgan fingerprint density at radius 3 is 1.43 bits per heavy atom. The summed E-state index contributed by atoms with van der Waals surface area (Å²) in [7, 11) is 1.63. The van der Waals surface area contributed by atoms with E-state index in [1.165, 1.54) is 34.0 Å². The number of nitrogens with one attached hydrogen (secondary N) is 2. The average Bonchev–Trinajstić information content (AvgIpc) is 4.07. The molecule has 0 radical (unpaired) electrons. The number of rotatable bonds is 13. The molecule has 2 amide bonds. The minimum Gasteiger partial charge on any atom is -0.497 e. The fourth-order valence-electron chi connectivity index (χ4n) is 11.9. The number of likely N-dealkylation sites (tertiary alicyclic amines) is 4. The Bertz CT molecular complexity index is 2960. The molecule has 13 nitrogen and oxygen atoms in total. The number of carboxylic acids is 2. The summed E-state index contributed by atoms with van der Waals surface area (Å²) in [6, 6.07) is 27.8. The van der Waals surface area contributed by atoms with Crippen molar-refractivity contribution in [1.82, 2.24) is 29.6 Å². The predicted octanol–water partition coefficient (Wildman–Crippen LogP) is 10.4. The number of fused-ring (bicyclic) bond motifs is 2. The number of piperidine rings is 4. The fourth-order valence-corrected chi connectivity index (χ4v) is 12.3. The topological polar surface area (TPSA) is 163 Å². The molecule has 0 aliphatic carbocycles. The van der Waals surface area contributed by atoms with Crippen LogP contribution in [0.3, 0.4) is 0 Å². The molecule has 4 fully saturated rings. The van der Waals surface area contributed by atoms with Crippen LogP contribution in [-0.4, -0.2) is 135 Å². The average molecular weight is 1070 g/mol. The van der Waals surface area contributed by atoms with Crippen molar-refractivity contribution in [3.8, 4) is 5.75 Å². The molecule has 4 N–H and O–H groups in total. The standard InChI is InChI=1S/C30H35N3O4.C29H31BrFN3O3/c1-37-24-9-6-21(7-10-24)8-11-28(34)32-16-14-23(15-17-32)29(30(35)36)33-18-12-22(13-19-33)26-20-31-27-5-3-2-4-25(26)27;30-24-17-19(5-7-25(24)31)6-8-27(35)33-13-11-21(12-14-33)28(29(36)37)34-15-9-20(10-16-34)23-18-32-26-4-2-1-3-22(23)26/h2-11,20,22-23,29,31H,12-19H2,1H3,(H,35,36);1-8,17-18,20-21,28,32H,9-16H2,(H,36,37)/b11-8+;8-6+. The monoisotopic (exact) mass is 1070 g/mol. The number of carboxylic acid groups (broad SMARTS) is 2. The number of benzene rings is 4. The van der Waals surface area contributed by atoms with Gasteiger partial charge in [-0.1, -0.05) is 54.6 Å². The lowest BCUT2D eigenvalue weighted by Crippen LogP contribution is -2.52. The van der Waals surface area contributed by atoms with E-state index < -0.39 is 24.0 Å². The third-order valence-corrected chi connectivity index (χ3v) is 16.6. The van der Waals surface area contributed by atoms with Gasteiger partial charge in [0.25, 0.3) is 0 Å². The number of halogens is 2. The van der Waals surface area contributed by atoms with Crippen molar-refractivity contribution in [3.63, 3.8) is 0 Å². The second-order valence-electron chi connectivity index (χ2n) is 20.2. The van der Waals surface area contributed by atoms with Gasteiger partial charge in [0.2, 0.25) is 11.8 Å². The van der Waals surface area contributed by atoms with E-state index in [1.54, 1.807) is 36.3 Å². The number of carbonyl (C=O) groups excluding carboxylic acids is 2. The normalized spacial score (nSPS) is 19.0. The highest BCUT2D eigenvalue weighted by Gasteiger charge is 2.40. The number of amides is 2. The zero-order chi connectivity index (χ0) is 51.7. The van der Waals surface area contributed by atoms with Crippen LogP contribution in [0.5, 0.6) is 5.75 Å². The van der Waals surface area contributed by atoms with Gasteiger partial charge in [0.15, 0.2) is 0 Å². The van der Waals surface area contributed by atoms with Crippen LogP contribution in [0, 0.1) is 17.7 Å². The third kappa shape index (κ3) is 12.3. The highest BCUT2D eigenvalue weighted by Crippen LogP contribution is 2.37. The van der Waals surface area contributed by atoms with E-state index in [2.05, 4.69) is 84.5 Å². The van der Waals surface area contributed by atoms with E-state index in [-0.39, 0.29) is 29.5 Å². The summed E-state index contributed by atoms with van der Waals surface area (Å²) in [4.78, 5) is 64.8. The number of hydrogen-bond acceptors (Lipinski definition) is 7. The van der Waals surface area contributed by atoms with Gasteiger partial charge < -0.3 is 34.7 Å². The third-order valence-electron chi connectivity index (χ3n) is 16.0.